The number of rotatable bonds is 9. The van der Waals surface area contributed by atoms with Crippen LogP contribution in [0.1, 0.15) is 48.5 Å². The number of aliphatic hydroxyl groups is 1. The van der Waals surface area contributed by atoms with Gasteiger partial charge in [-0.15, -0.1) is 0 Å². The predicted octanol–water partition coefficient (Wildman–Crippen LogP) is -0.945. The van der Waals surface area contributed by atoms with E-state index in [9.17, 15) is 33.9 Å². The highest BCUT2D eigenvalue weighted by Crippen LogP contribution is 2.32. The smallest absolute Gasteiger partial charge is 0.303 e. The van der Waals surface area contributed by atoms with Crippen molar-refractivity contribution < 1.29 is 76.5 Å². The van der Waals surface area contributed by atoms with Crippen LogP contribution in [-0.2, 0) is 71.4 Å². The van der Waals surface area contributed by atoms with E-state index in [4.69, 9.17) is 42.6 Å². The van der Waals surface area contributed by atoms with E-state index >= 15 is 0 Å². The molecule has 0 amide bonds. The molecule has 2 fully saturated rings. The Morgan fingerprint density at radius 3 is 1.40 bits per heavy atom. The van der Waals surface area contributed by atoms with E-state index in [2.05, 4.69) is 0 Å². The van der Waals surface area contributed by atoms with E-state index in [1.54, 1.807) is 0 Å². The largest absolute Gasteiger partial charge is 0.456 e. The topological polar surface area (TPSA) is 206 Å². The first kappa shape index (κ1) is 32.9. The molecule has 16 heteroatoms. The minimum Gasteiger partial charge on any atom is -0.456 e. The molecule has 2 heterocycles. The Morgan fingerprint density at radius 1 is 0.550 bits per heavy atom. The molecule has 0 aromatic heterocycles. The van der Waals surface area contributed by atoms with Gasteiger partial charge in [0.05, 0.1) is 12.7 Å². The standard InChI is InChI=1S/C24H34O16/c1-9-17(34-10(2)25)19(36-12(4)27)22(39-15(7)30)24(33-9)32-8-16-18(35-11(3)26)20(37-13(5)28)21(23(31)40-16)38-14(6)29/h9,16-24,31H,8H2,1-7H3/t9-,16-,17-,18-,19+,20+,21-,22-,23+,24-/m1/s1. The number of hydrogen-bond donors (Lipinski definition) is 1. The zero-order valence-electron chi connectivity index (χ0n) is 23.1. The highest BCUT2D eigenvalue weighted by molar-refractivity contribution is 5.69. The SMILES string of the molecule is CC(=O)O[C@@H]1[C@@H](OC(C)=O)[C@H](OC[C@H]2O[C@H](O)[C@H](OC(C)=O)[C@@H](OC(C)=O)[C@@H]2OC(C)=O)O[C@H](C)[C@H]1OC(C)=O. The molecule has 0 aromatic carbocycles. The van der Waals surface area contributed by atoms with Crippen LogP contribution >= 0.6 is 0 Å². The van der Waals surface area contributed by atoms with Crippen molar-refractivity contribution in [3.8, 4) is 0 Å². The molecule has 0 aromatic rings. The van der Waals surface area contributed by atoms with Crippen LogP contribution in [0, 0.1) is 0 Å². The summed E-state index contributed by atoms with van der Waals surface area (Å²) in [6.45, 7) is 7.43. The van der Waals surface area contributed by atoms with E-state index < -0.39 is 104 Å². The Bertz CT molecular complexity index is 889. The molecule has 0 saturated carbocycles. The Morgan fingerprint density at radius 2 is 0.925 bits per heavy atom. The summed E-state index contributed by atoms with van der Waals surface area (Å²) in [6.07, 6.45) is -14.0. The van der Waals surface area contributed by atoms with Crippen molar-refractivity contribution in [3.63, 3.8) is 0 Å². The van der Waals surface area contributed by atoms with Gasteiger partial charge >= 0.3 is 35.8 Å². The first-order valence-corrected chi connectivity index (χ1v) is 12.2. The second-order valence-corrected chi connectivity index (χ2v) is 9.05. The number of aliphatic hydroxyl groups excluding tert-OH is 1. The summed E-state index contributed by atoms with van der Waals surface area (Å²) in [4.78, 5) is 70.7. The van der Waals surface area contributed by atoms with Gasteiger partial charge in [0.1, 0.15) is 6.10 Å². The highest BCUT2D eigenvalue weighted by atomic mass is 16.7. The Hall–Kier alpha value is -3.34. The van der Waals surface area contributed by atoms with Crippen LogP contribution in [0.3, 0.4) is 0 Å². The second-order valence-electron chi connectivity index (χ2n) is 9.05. The van der Waals surface area contributed by atoms with Gasteiger partial charge in [0, 0.05) is 41.5 Å². The Kier molecular flexibility index (Phi) is 11.8. The molecule has 2 saturated heterocycles. The summed E-state index contributed by atoms with van der Waals surface area (Å²) >= 11 is 0. The number of carbonyl (C=O) groups is 6. The van der Waals surface area contributed by atoms with E-state index in [0.717, 1.165) is 41.5 Å². The molecular formula is C24H34O16. The van der Waals surface area contributed by atoms with Crippen LogP contribution in [0.4, 0.5) is 0 Å². The number of esters is 6. The van der Waals surface area contributed by atoms with Gasteiger partial charge in [-0.1, -0.05) is 0 Å². The van der Waals surface area contributed by atoms with Crippen molar-refractivity contribution in [2.24, 2.45) is 0 Å². The van der Waals surface area contributed by atoms with Crippen molar-refractivity contribution in [2.45, 2.75) is 110 Å². The summed E-state index contributed by atoms with van der Waals surface area (Å²) < 4.78 is 48.5. The van der Waals surface area contributed by atoms with Crippen LogP contribution in [0.2, 0.25) is 0 Å². The number of ether oxygens (including phenoxy) is 9. The monoisotopic (exact) mass is 578 g/mol. The molecule has 2 aliphatic rings. The lowest BCUT2D eigenvalue weighted by molar-refractivity contribution is -0.326. The third-order valence-corrected chi connectivity index (χ3v) is 5.57. The van der Waals surface area contributed by atoms with Gasteiger partial charge in [-0.05, 0) is 6.92 Å². The Labute approximate surface area is 229 Å². The molecule has 1 N–H and O–H groups in total. The van der Waals surface area contributed by atoms with E-state index in [-0.39, 0.29) is 0 Å². The van der Waals surface area contributed by atoms with Crippen molar-refractivity contribution in [3.05, 3.63) is 0 Å². The zero-order valence-corrected chi connectivity index (χ0v) is 23.1. The maximum Gasteiger partial charge on any atom is 0.303 e. The molecule has 2 rings (SSSR count). The molecular weight excluding hydrogens is 544 g/mol. The summed E-state index contributed by atoms with van der Waals surface area (Å²) in [5, 5.41) is 10.5. The number of carbonyl (C=O) groups excluding carboxylic acids is 6. The minimum atomic E-state index is -1.84. The predicted molar refractivity (Wildman–Crippen MR) is 124 cm³/mol. The van der Waals surface area contributed by atoms with Crippen molar-refractivity contribution in [2.75, 3.05) is 6.61 Å². The fourth-order valence-corrected chi connectivity index (χ4v) is 4.30. The van der Waals surface area contributed by atoms with Crippen molar-refractivity contribution in [1.82, 2.24) is 0 Å². The van der Waals surface area contributed by atoms with Crippen LogP contribution in [0.25, 0.3) is 0 Å². The molecule has 2 aliphatic heterocycles. The van der Waals surface area contributed by atoms with Gasteiger partial charge in [0.2, 0.25) is 0 Å². The summed E-state index contributed by atoms with van der Waals surface area (Å²) in [5.41, 5.74) is 0. The lowest BCUT2D eigenvalue weighted by Gasteiger charge is -2.45. The molecule has 0 spiro atoms. The van der Waals surface area contributed by atoms with Crippen molar-refractivity contribution >= 4 is 35.8 Å². The van der Waals surface area contributed by atoms with Crippen molar-refractivity contribution in [1.29, 1.82) is 0 Å². The number of hydrogen-bond acceptors (Lipinski definition) is 16. The summed E-state index contributed by atoms with van der Waals surface area (Å²) in [7, 11) is 0. The molecule has 16 nitrogen and oxygen atoms in total. The molecule has 0 aliphatic carbocycles. The summed E-state index contributed by atoms with van der Waals surface area (Å²) in [5.74, 6) is -4.81. The molecule has 226 valence electrons. The molecule has 0 unspecified atom stereocenters. The van der Waals surface area contributed by atoms with Gasteiger partial charge in [0.25, 0.3) is 0 Å². The average Bonchev–Trinajstić information content (AvgIpc) is 2.79. The normalized spacial score (nSPS) is 33.6. The summed E-state index contributed by atoms with van der Waals surface area (Å²) in [6, 6.07) is 0. The van der Waals surface area contributed by atoms with Gasteiger partial charge < -0.3 is 47.7 Å². The van der Waals surface area contributed by atoms with Crippen LogP contribution in [-0.4, -0.2) is 109 Å². The minimum absolute atomic E-state index is 0.542. The second kappa shape index (κ2) is 14.3. The van der Waals surface area contributed by atoms with Crippen LogP contribution in [0.15, 0.2) is 0 Å². The highest BCUT2D eigenvalue weighted by Gasteiger charge is 2.54. The lowest BCUT2D eigenvalue weighted by Crippen LogP contribution is -2.64. The maximum atomic E-state index is 11.9. The van der Waals surface area contributed by atoms with E-state index in [1.165, 1.54) is 6.92 Å². The third-order valence-electron chi connectivity index (χ3n) is 5.57. The molecule has 0 radical (unpaired) electrons. The fourth-order valence-electron chi connectivity index (χ4n) is 4.30. The van der Waals surface area contributed by atoms with Gasteiger partial charge in [-0.25, -0.2) is 0 Å². The van der Waals surface area contributed by atoms with E-state index in [0.29, 0.717) is 0 Å². The van der Waals surface area contributed by atoms with E-state index in [1.807, 2.05) is 0 Å². The van der Waals surface area contributed by atoms with Gasteiger partial charge in [0.15, 0.2) is 49.2 Å². The lowest BCUT2D eigenvalue weighted by atomic mass is 9.97. The molecule has 40 heavy (non-hydrogen) atoms. The third kappa shape index (κ3) is 9.11. The first-order chi connectivity index (χ1) is 18.6. The van der Waals surface area contributed by atoms with Gasteiger partial charge in [-0.3, -0.25) is 28.8 Å². The maximum absolute atomic E-state index is 11.9. The fraction of sp³-hybridized carbons (Fsp3) is 0.750. The van der Waals surface area contributed by atoms with Crippen LogP contribution < -0.4 is 0 Å². The zero-order chi connectivity index (χ0) is 30.3. The average molecular weight is 579 g/mol. The first-order valence-electron chi connectivity index (χ1n) is 12.2. The Balaban J connectivity index is 2.38. The molecule has 0 bridgehead atoms. The quantitative estimate of drug-likeness (QED) is 0.259. The molecule has 10 atom stereocenters. The van der Waals surface area contributed by atoms with Crippen LogP contribution in [0.5, 0.6) is 0 Å². The van der Waals surface area contributed by atoms with Gasteiger partial charge in [-0.2, -0.15) is 0 Å².